The van der Waals surface area contributed by atoms with Crippen LogP contribution in [-0.4, -0.2) is 29.9 Å². The molecular weight excluding hydrogens is 266 g/mol. The molecule has 0 N–H and O–H groups in total. The lowest BCUT2D eigenvalue weighted by atomic mass is 9.76. The normalized spacial score (nSPS) is 28.0. The summed E-state index contributed by atoms with van der Waals surface area (Å²) >= 11 is 0. The van der Waals surface area contributed by atoms with Gasteiger partial charge in [0.15, 0.2) is 0 Å². The van der Waals surface area contributed by atoms with E-state index >= 15 is 0 Å². The Balaban J connectivity index is 1.65. The summed E-state index contributed by atoms with van der Waals surface area (Å²) in [6.07, 6.45) is 5.44. The molecule has 112 valence electrons. The molecule has 1 saturated carbocycles. The number of piperidine rings is 1. The van der Waals surface area contributed by atoms with Crippen LogP contribution in [0.2, 0.25) is 0 Å². The van der Waals surface area contributed by atoms with E-state index in [1.165, 1.54) is 0 Å². The summed E-state index contributed by atoms with van der Waals surface area (Å²) in [5.74, 6) is 0. The molecule has 2 aliphatic rings. The Labute approximate surface area is 125 Å². The van der Waals surface area contributed by atoms with Gasteiger partial charge in [0.2, 0.25) is 0 Å². The van der Waals surface area contributed by atoms with Crippen molar-refractivity contribution in [1.82, 2.24) is 4.90 Å². The molecule has 2 unspecified atom stereocenters. The van der Waals surface area contributed by atoms with Gasteiger partial charge in [-0.3, -0.25) is 0 Å². The van der Waals surface area contributed by atoms with Crippen molar-refractivity contribution in [3.8, 4) is 0 Å². The highest BCUT2D eigenvalue weighted by Gasteiger charge is 2.49. The quantitative estimate of drug-likeness (QED) is 0.802. The summed E-state index contributed by atoms with van der Waals surface area (Å²) in [5, 5.41) is 0. The molecule has 1 aliphatic heterocycles. The average Bonchev–Trinajstić information content (AvgIpc) is 2.98. The maximum atomic E-state index is 12.4. The van der Waals surface area contributed by atoms with Gasteiger partial charge in [0.05, 0.1) is 0 Å². The number of hydrogen-bond donors (Lipinski definition) is 0. The number of hydrogen-bond acceptors (Lipinski definition) is 3. The van der Waals surface area contributed by atoms with Crippen molar-refractivity contribution >= 4 is 12.4 Å². The van der Waals surface area contributed by atoms with Crippen molar-refractivity contribution in [2.75, 3.05) is 6.54 Å². The van der Waals surface area contributed by atoms with Crippen LogP contribution in [0.25, 0.3) is 0 Å². The Bertz CT molecular complexity index is 516. The third-order valence-corrected chi connectivity index (χ3v) is 4.88. The fraction of sp³-hybridized carbons (Fsp3) is 0.529. The van der Waals surface area contributed by atoms with E-state index < -0.39 is 0 Å². The first kappa shape index (κ1) is 14.1. The zero-order valence-electron chi connectivity index (χ0n) is 12.2. The Morgan fingerprint density at radius 2 is 2.05 bits per heavy atom. The fourth-order valence-electron chi connectivity index (χ4n) is 3.79. The summed E-state index contributed by atoms with van der Waals surface area (Å²) in [4.78, 5) is 25.7. The van der Waals surface area contributed by atoms with Crippen molar-refractivity contribution in [3.05, 3.63) is 35.9 Å². The molecule has 4 nitrogen and oxygen atoms in total. The van der Waals surface area contributed by atoms with Crippen LogP contribution in [0.15, 0.2) is 30.3 Å². The van der Waals surface area contributed by atoms with Gasteiger partial charge in [0, 0.05) is 18.0 Å². The summed E-state index contributed by atoms with van der Waals surface area (Å²) in [5.41, 5.74) is 0.667. The van der Waals surface area contributed by atoms with Crippen molar-refractivity contribution < 1.29 is 14.3 Å². The lowest BCUT2D eigenvalue weighted by Crippen LogP contribution is -2.52. The summed E-state index contributed by atoms with van der Waals surface area (Å²) in [6.45, 7) is 0.991. The number of likely N-dealkylation sites (tertiary alicyclic amines) is 1. The highest BCUT2D eigenvalue weighted by Crippen LogP contribution is 2.46. The lowest BCUT2D eigenvalue weighted by Gasteiger charge is -2.42. The number of rotatable bonds is 3. The van der Waals surface area contributed by atoms with E-state index in [4.69, 9.17) is 4.74 Å². The van der Waals surface area contributed by atoms with Gasteiger partial charge < -0.3 is 14.4 Å². The molecule has 4 heteroatoms. The largest absolute Gasteiger partial charge is 0.445 e. The molecule has 1 aromatic rings. The van der Waals surface area contributed by atoms with E-state index in [1.807, 2.05) is 30.3 Å². The monoisotopic (exact) mass is 287 g/mol. The van der Waals surface area contributed by atoms with Gasteiger partial charge in [-0.2, -0.15) is 0 Å². The maximum Gasteiger partial charge on any atom is 0.410 e. The minimum absolute atomic E-state index is 0.0343. The SMILES string of the molecule is O=CC12CCCC1N(C(=O)OCc1ccccc1)CCC2. The Kier molecular flexibility index (Phi) is 3.95. The predicted molar refractivity (Wildman–Crippen MR) is 78.7 cm³/mol. The number of benzene rings is 1. The fourth-order valence-corrected chi connectivity index (χ4v) is 3.79. The molecule has 0 bridgehead atoms. The minimum Gasteiger partial charge on any atom is -0.445 e. The second-order valence-electron chi connectivity index (χ2n) is 6.10. The average molecular weight is 287 g/mol. The molecule has 0 radical (unpaired) electrons. The molecule has 3 rings (SSSR count). The Morgan fingerprint density at radius 1 is 1.29 bits per heavy atom. The van der Waals surface area contributed by atoms with E-state index in [0.29, 0.717) is 6.54 Å². The standard InChI is InChI=1S/C17H21NO3/c19-13-17-9-4-8-15(17)18(11-5-10-17)16(20)21-12-14-6-2-1-3-7-14/h1-3,6-7,13,15H,4-5,8-12H2. The van der Waals surface area contributed by atoms with Crippen LogP contribution in [0.3, 0.4) is 0 Å². The number of ether oxygens (including phenoxy) is 1. The second kappa shape index (κ2) is 5.88. The molecule has 2 fully saturated rings. The van der Waals surface area contributed by atoms with Crippen molar-refractivity contribution in [3.63, 3.8) is 0 Å². The molecule has 1 heterocycles. The van der Waals surface area contributed by atoms with Crippen LogP contribution in [0.5, 0.6) is 0 Å². The van der Waals surface area contributed by atoms with Crippen LogP contribution in [0.4, 0.5) is 4.79 Å². The molecule has 0 spiro atoms. The number of amides is 1. The predicted octanol–water partition coefficient (Wildman–Crippen LogP) is 3.16. The number of carbonyl (C=O) groups is 2. The van der Waals surface area contributed by atoms with Crippen molar-refractivity contribution in [2.45, 2.75) is 44.8 Å². The van der Waals surface area contributed by atoms with Gasteiger partial charge in [-0.1, -0.05) is 36.8 Å². The molecule has 0 aromatic heterocycles. The minimum atomic E-state index is -0.315. The van der Waals surface area contributed by atoms with Gasteiger partial charge in [0.25, 0.3) is 0 Å². The van der Waals surface area contributed by atoms with Gasteiger partial charge in [-0.05, 0) is 31.2 Å². The van der Waals surface area contributed by atoms with Gasteiger partial charge >= 0.3 is 6.09 Å². The van der Waals surface area contributed by atoms with Crippen molar-refractivity contribution in [1.29, 1.82) is 0 Å². The molecule has 21 heavy (non-hydrogen) atoms. The van der Waals surface area contributed by atoms with Gasteiger partial charge in [-0.25, -0.2) is 4.79 Å². The Hall–Kier alpha value is -1.84. The maximum absolute atomic E-state index is 12.4. The zero-order chi connectivity index (χ0) is 14.7. The summed E-state index contributed by atoms with van der Waals surface area (Å²) in [7, 11) is 0. The summed E-state index contributed by atoms with van der Waals surface area (Å²) < 4.78 is 5.44. The van der Waals surface area contributed by atoms with E-state index in [2.05, 4.69) is 0 Å². The van der Waals surface area contributed by atoms with Crippen LogP contribution in [0, 0.1) is 5.41 Å². The molecule has 1 saturated heterocycles. The van der Waals surface area contributed by atoms with E-state index in [9.17, 15) is 9.59 Å². The Morgan fingerprint density at radius 3 is 2.81 bits per heavy atom. The third kappa shape index (κ3) is 2.67. The third-order valence-electron chi connectivity index (χ3n) is 4.88. The summed E-state index contributed by atoms with van der Waals surface area (Å²) in [6, 6.07) is 9.71. The van der Waals surface area contributed by atoms with E-state index in [0.717, 1.165) is 44.0 Å². The molecule has 2 atom stereocenters. The lowest BCUT2D eigenvalue weighted by molar-refractivity contribution is -0.120. The first-order valence-electron chi connectivity index (χ1n) is 7.69. The smallest absolute Gasteiger partial charge is 0.410 e. The number of carbonyl (C=O) groups excluding carboxylic acids is 2. The highest BCUT2D eigenvalue weighted by atomic mass is 16.6. The topological polar surface area (TPSA) is 46.6 Å². The van der Waals surface area contributed by atoms with Crippen LogP contribution in [0.1, 0.15) is 37.7 Å². The van der Waals surface area contributed by atoms with Crippen LogP contribution >= 0.6 is 0 Å². The van der Waals surface area contributed by atoms with Crippen molar-refractivity contribution in [2.24, 2.45) is 5.41 Å². The first-order chi connectivity index (χ1) is 10.2. The van der Waals surface area contributed by atoms with E-state index in [-0.39, 0.29) is 24.2 Å². The zero-order valence-corrected chi connectivity index (χ0v) is 12.2. The molecule has 1 aromatic carbocycles. The number of nitrogens with zero attached hydrogens (tertiary/aromatic N) is 1. The first-order valence-corrected chi connectivity index (χ1v) is 7.69. The number of fused-ring (bicyclic) bond motifs is 1. The van der Waals surface area contributed by atoms with Crippen LogP contribution < -0.4 is 0 Å². The van der Waals surface area contributed by atoms with Crippen LogP contribution in [-0.2, 0) is 16.1 Å². The molecule has 1 amide bonds. The molecule has 1 aliphatic carbocycles. The highest BCUT2D eigenvalue weighted by molar-refractivity contribution is 5.71. The van der Waals surface area contributed by atoms with E-state index in [1.54, 1.807) is 4.90 Å². The molecular formula is C17H21NO3. The van der Waals surface area contributed by atoms with Gasteiger partial charge in [-0.15, -0.1) is 0 Å². The second-order valence-corrected chi connectivity index (χ2v) is 6.10. The van der Waals surface area contributed by atoms with Gasteiger partial charge in [0.1, 0.15) is 12.9 Å². The number of aldehydes is 1.